The molecule has 1 unspecified atom stereocenters. The first kappa shape index (κ1) is 13.8. The van der Waals surface area contributed by atoms with Gasteiger partial charge >= 0.3 is 5.97 Å². The van der Waals surface area contributed by atoms with Gasteiger partial charge < -0.3 is 14.2 Å². The van der Waals surface area contributed by atoms with Gasteiger partial charge in [-0.05, 0) is 24.6 Å². The first-order valence-corrected chi connectivity index (χ1v) is 6.87. The third-order valence-electron chi connectivity index (χ3n) is 2.88. The maximum atomic E-state index is 11.5. The van der Waals surface area contributed by atoms with Crippen molar-refractivity contribution < 1.29 is 19.0 Å². The Morgan fingerprint density at radius 2 is 2.00 bits per heavy atom. The lowest BCUT2D eigenvalue weighted by molar-refractivity contribution is -0.135. The Morgan fingerprint density at radius 1 is 1.32 bits per heavy atom. The van der Waals surface area contributed by atoms with Crippen LogP contribution in [0.25, 0.3) is 0 Å². The minimum absolute atomic E-state index is 0.0516. The van der Waals surface area contributed by atoms with Crippen LogP contribution in [0.15, 0.2) is 34.9 Å². The second-order valence-corrected chi connectivity index (χ2v) is 5.10. The van der Waals surface area contributed by atoms with Crippen molar-refractivity contribution in [3.63, 3.8) is 0 Å². The summed E-state index contributed by atoms with van der Waals surface area (Å²) in [4.78, 5) is 12.1. The molecule has 0 aliphatic carbocycles. The number of thioether (sulfide) groups is 1. The molecule has 0 saturated carbocycles. The van der Waals surface area contributed by atoms with Gasteiger partial charge in [-0.3, -0.25) is 0 Å². The Morgan fingerprint density at radius 3 is 2.53 bits per heavy atom. The van der Waals surface area contributed by atoms with E-state index in [1.165, 1.54) is 18.9 Å². The molecule has 1 aliphatic rings. The molecule has 0 aromatic heterocycles. The van der Waals surface area contributed by atoms with Crippen LogP contribution in [0, 0.1) is 0 Å². The van der Waals surface area contributed by atoms with E-state index >= 15 is 0 Å². The fourth-order valence-corrected chi connectivity index (χ4v) is 2.87. The summed E-state index contributed by atoms with van der Waals surface area (Å²) in [5.41, 5.74) is 1.07. The molecule has 1 aliphatic heterocycles. The van der Waals surface area contributed by atoms with E-state index in [1.54, 1.807) is 14.0 Å². The first-order chi connectivity index (χ1) is 9.15. The second-order valence-electron chi connectivity index (χ2n) is 4.07. The molecule has 0 saturated heterocycles. The lowest BCUT2D eigenvalue weighted by Crippen LogP contribution is -2.16. The van der Waals surface area contributed by atoms with Crippen LogP contribution >= 0.6 is 11.8 Å². The Bertz CT molecular complexity index is 493. The predicted octanol–water partition coefficient (Wildman–Crippen LogP) is 2.90. The quantitative estimate of drug-likeness (QED) is 0.797. The highest BCUT2D eigenvalue weighted by Crippen LogP contribution is 2.36. The Labute approximate surface area is 116 Å². The highest BCUT2D eigenvalue weighted by atomic mass is 32.2. The summed E-state index contributed by atoms with van der Waals surface area (Å²) >= 11 is 1.47. The van der Waals surface area contributed by atoms with E-state index in [1.807, 2.05) is 24.3 Å². The van der Waals surface area contributed by atoms with Crippen molar-refractivity contribution in [2.24, 2.45) is 0 Å². The van der Waals surface area contributed by atoms with E-state index in [0.29, 0.717) is 16.4 Å². The van der Waals surface area contributed by atoms with E-state index in [0.717, 1.165) is 11.3 Å². The first-order valence-electron chi connectivity index (χ1n) is 5.88. The van der Waals surface area contributed by atoms with Crippen molar-refractivity contribution >= 4 is 17.7 Å². The number of benzene rings is 1. The molecule has 1 aromatic rings. The number of carbonyl (C=O) groups is 1. The molecule has 2 rings (SSSR count). The summed E-state index contributed by atoms with van der Waals surface area (Å²) in [7, 11) is 3.01. The van der Waals surface area contributed by atoms with Crippen LogP contribution in [0.3, 0.4) is 0 Å². The van der Waals surface area contributed by atoms with Crippen molar-refractivity contribution in [3.05, 3.63) is 40.5 Å². The summed E-state index contributed by atoms with van der Waals surface area (Å²) in [6.07, 6.45) is -0.0516. The number of hydrogen-bond donors (Lipinski definition) is 0. The molecule has 0 amide bonds. The van der Waals surface area contributed by atoms with Crippen molar-refractivity contribution in [1.82, 2.24) is 0 Å². The zero-order valence-corrected chi connectivity index (χ0v) is 12.0. The molecule has 5 heteroatoms. The highest BCUT2D eigenvalue weighted by molar-refractivity contribution is 8.04. The third-order valence-corrected chi connectivity index (χ3v) is 4.09. The van der Waals surface area contributed by atoms with Gasteiger partial charge in [-0.25, -0.2) is 4.79 Å². The van der Waals surface area contributed by atoms with Crippen molar-refractivity contribution in [2.75, 3.05) is 20.0 Å². The second kappa shape index (κ2) is 6.02. The highest BCUT2D eigenvalue weighted by Gasteiger charge is 2.26. The fourth-order valence-electron chi connectivity index (χ4n) is 1.84. The monoisotopic (exact) mass is 280 g/mol. The molecular weight excluding hydrogens is 264 g/mol. The summed E-state index contributed by atoms with van der Waals surface area (Å²) in [5, 5.41) is 0. The van der Waals surface area contributed by atoms with Gasteiger partial charge in [-0.2, -0.15) is 0 Å². The Hall–Kier alpha value is -1.62. The molecule has 1 aromatic carbocycles. The lowest BCUT2D eigenvalue weighted by Gasteiger charge is -2.26. The van der Waals surface area contributed by atoms with E-state index in [2.05, 4.69) is 0 Å². The zero-order valence-electron chi connectivity index (χ0n) is 11.1. The number of esters is 1. The molecule has 4 nitrogen and oxygen atoms in total. The van der Waals surface area contributed by atoms with Crippen LogP contribution in [0.2, 0.25) is 0 Å². The molecule has 0 bridgehead atoms. The fraction of sp³-hybridized carbons (Fsp3) is 0.357. The molecule has 19 heavy (non-hydrogen) atoms. The zero-order chi connectivity index (χ0) is 13.8. The molecule has 0 fully saturated rings. The number of carbonyl (C=O) groups excluding carboxylic acids is 1. The normalized spacial score (nSPS) is 18.8. The largest absolute Gasteiger partial charge is 0.497 e. The van der Waals surface area contributed by atoms with Gasteiger partial charge in [0.2, 0.25) is 0 Å². The number of ether oxygens (including phenoxy) is 3. The maximum Gasteiger partial charge on any atom is 0.347 e. The smallest absolute Gasteiger partial charge is 0.347 e. The third kappa shape index (κ3) is 3.04. The van der Waals surface area contributed by atoms with Crippen molar-refractivity contribution in [2.45, 2.75) is 13.0 Å². The van der Waals surface area contributed by atoms with Gasteiger partial charge in [-0.15, -0.1) is 11.8 Å². The van der Waals surface area contributed by atoms with Crippen LogP contribution in [-0.2, 0) is 14.3 Å². The van der Waals surface area contributed by atoms with Gasteiger partial charge in [0, 0.05) is 5.75 Å². The topological polar surface area (TPSA) is 44.8 Å². The van der Waals surface area contributed by atoms with E-state index in [4.69, 9.17) is 14.2 Å². The Balaban J connectivity index is 2.13. The average molecular weight is 280 g/mol. The summed E-state index contributed by atoms with van der Waals surface area (Å²) < 4.78 is 15.6. The van der Waals surface area contributed by atoms with E-state index < -0.39 is 0 Å². The molecule has 0 radical (unpaired) electrons. The summed E-state index contributed by atoms with van der Waals surface area (Å²) in [6.45, 7) is 1.79. The number of hydrogen-bond acceptors (Lipinski definition) is 5. The van der Waals surface area contributed by atoms with Crippen LogP contribution in [0.5, 0.6) is 5.75 Å². The number of methoxy groups -OCH3 is 2. The number of allylic oxidation sites excluding steroid dienone is 1. The van der Waals surface area contributed by atoms with Crippen LogP contribution in [0.4, 0.5) is 0 Å². The van der Waals surface area contributed by atoms with E-state index in [-0.39, 0.29) is 12.1 Å². The van der Waals surface area contributed by atoms with Crippen molar-refractivity contribution in [3.8, 4) is 5.75 Å². The van der Waals surface area contributed by atoms with Gasteiger partial charge in [0.05, 0.1) is 14.2 Å². The predicted molar refractivity (Wildman–Crippen MR) is 74.0 cm³/mol. The molecule has 1 atom stereocenters. The van der Waals surface area contributed by atoms with Crippen LogP contribution < -0.4 is 4.74 Å². The summed E-state index contributed by atoms with van der Waals surface area (Å²) in [5.74, 6) is 1.78. The molecule has 1 heterocycles. The standard InChI is InChI=1S/C14H16O4S/c1-9-13(14(15)17-3)19-8-12(18-9)10-4-6-11(16-2)7-5-10/h4-7,12H,8H2,1-3H3. The van der Waals surface area contributed by atoms with Crippen molar-refractivity contribution in [1.29, 1.82) is 0 Å². The van der Waals surface area contributed by atoms with Gasteiger partial charge in [0.15, 0.2) is 0 Å². The van der Waals surface area contributed by atoms with Gasteiger partial charge in [0.25, 0.3) is 0 Å². The van der Waals surface area contributed by atoms with Crippen LogP contribution in [-0.4, -0.2) is 25.9 Å². The van der Waals surface area contributed by atoms with E-state index in [9.17, 15) is 4.79 Å². The Kier molecular flexibility index (Phi) is 4.37. The lowest BCUT2D eigenvalue weighted by atomic mass is 10.1. The van der Waals surface area contributed by atoms with Gasteiger partial charge in [0.1, 0.15) is 22.5 Å². The molecule has 0 spiro atoms. The summed E-state index contributed by atoms with van der Waals surface area (Å²) in [6, 6.07) is 7.75. The molecule has 0 N–H and O–H groups in total. The SMILES string of the molecule is COC(=O)C1=C(C)OC(c2ccc(OC)cc2)CS1. The molecular formula is C14H16O4S. The minimum Gasteiger partial charge on any atom is -0.497 e. The minimum atomic E-state index is -0.337. The van der Waals surface area contributed by atoms with Crippen LogP contribution in [0.1, 0.15) is 18.6 Å². The molecule has 102 valence electrons. The maximum absolute atomic E-state index is 11.5. The van der Waals surface area contributed by atoms with Gasteiger partial charge in [-0.1, -0.05) is 12.1 Å². The number of rotatable bonds is 3. The average Bonchev–Trinajstić information content (AvgIpc) is 2.46.